The summed E-state index contributed by atoms with van der Waals surface area (Å²) in [5.41, 5.74) is 0.779. The summed E-state index contributed by atoms with van der Waals surface area (Å²) in [6.45, 7) is 8.18. The van der Waals surface area contributed by atoms with Crippen LogP contribution >= 0.6 is 12.2 Å². The van der Waals surface area contributed by atoms with Crippen LogP contribution in [0.15, 0.2) is 29.4 Å². The molecule has 1 aromatic heterocycles. The van der Waals surface area contributed by atoms with E-state index in [0.29, 0.717) is 4.77 Å². The molecule has 2 aromatic rings. The van der Waals surface area contributed by atoms with Crippen LogP contribution in [-0.4, -0.2) is 26.7 Å². The van der Waals surface area contributed by atoms with E-state index in [-0.39, 0.29) is 5.60 Å². The van der Waals surface area contributed by atoms with Gasteiger partial charge in [0.1, 0.15) is 11.4 Å². The van der Waals surface area contributed by atoms with Crippen molar-refractivity contribution in [1.29, 1.82) is 0 Å². The molecule has 0 saturated heterocycles. The maximum atomic E-state index is 5.80. The molecule has 0 saturated carbocycles. The Hall–Kier alpha value is -1.95. The van der Waals surface area contributed by atoms with E-state index in [2.05, 4.69) is 22.2 Å². The lowest BCUT2D eigenvalue weighted by Crippen LogP contribution is -2.22. The fourth-order valence-electron chi connectivity index (χ4n) is 1.93. The smallest absolute Gasteiger partial charge is 0.216 e. The Bertz CT molecular complexity index is 692. The summed E-state index contributed by atoms with van der Waals surface area (Å²) >= 11 is 5.19. The Balaban J connectivity index is 2.14. The van der Waals surface area contributed by atoms with Crippen molar-refractivity contribution in [2.45, 2.75) is 46.1 Å². The second-order valence-corrected chi connectivity index (χ2v) is 6.42. The quantitative estimate of drug-likeness (QED) is 0.671. The molecule has 0 atom stereocenters. The zero-order chi connectivity index (χ0) is 16.2. The van der Waals surface area contributed by atoms with Crippen LogP contribution in [0.3, 0.4) is 0 Å². The van der Waals surface area contributed by atoms with Crippen LogP contribution in [-0.2, 0) is 6.42 Å². The van der Waals surface area contributed by atoms with Gasteiger partial charge in [0.2, 0.25) is 4.77 Å². The highest BCUT2D eigenvalue weighted by Gasteiger charge is 2.11. The normalized spacial score (nSPS) is 12.0. The highest BCUT2D eigenvalue weighted by molar-refractivity contribution is 7.71. The lowest BCUT2D eigenvalue weighted by Gasteiger charge is -2.21. The Morgan fingerprint density at radius 1 is 1.32 bits per heavy atom. The molecule has 0 amide bonds. The summed E-state index contributed by atoms with van der Waals surface area (Å²) < 4.78 is 7.97. The van der Waals surface area contributed by atoms with Gasteiger partial charge in [-0.05, 0) is 69.2 Å². The lowest BCUT2D eigenvalue weighted by molar-refractivity contribution is 0.131. The van der Waals surface area contributed by atoms with Crippen LogP contribution in [0, 0.1) is 4.77 Å². The number of ether oxygens (including phenoxy) is 1. The number of hydrogen-bond donors (Lipinski definition) is 1. The van der Waals surface area contributed by atoms with E-state index in [9.17, 15) is 0 Å². The molecule has 0 spiro atoms. The van der Waals surface area contributed by atoms with E-state index < -0.39 is 0 Å². The molecule has 0 aliphatic rings. The van der Waals surface area contributed by atoms with Gasteiger partial charge in [-0.2, -0.15) is 14.9 Å². The van der Waals surface area contributed by atoms with Crippen molar-refractivity contribution in [3.8, 4) is 5.75 Å². The third-order valence-corrected chi connectivity index (χ3v) is 3.08. The highest BCUT2D eigenvalue weighted by atomic mass is 32.1. The first-order chi connectivity index (χ1) is 10.4. The molecule has 5 nitrogen and oxygen atoms in total. The SMILES string of the molecule is CCCc1n[nH]c(=S)n1/N=C\c1ccc(OC(C)(C)C)cc1. The minimum Gasteiger partial charge on any atom is -0.488 e. The number of benzene rings is 1. The van der Waals surface area contributed by atoms with Gasteiger partial charge in [0.25, 0.3) is 0 Å². The maximum Gasteiger partial charge on any atom is 0.216 e. The van der Waals surface area contributed by atoms with E-state index >= 15 is 0 Å². The summed E-state index contributed by atoms with van der Waals surface area (Å²) in [6.07, 6.45) is 3.60. The van der Waals surface area contributed by atoms with Crippen molar-refractivity contribution in [1.82, 2.24) is 14.9 Å². The molecule has 0 fully saturated rings. The molecule has 2 rings (SSSR count). The van der Waals surface area contributed by atoms with Gasteiger partial charge in [0.05, 0.1) is 6.21 Å². The van der Waals surface area contributed by atoms with Crippen LogP contribution < -0.4 is 4.74 Å². The van der Waals surface area contributed by atoms with Gasteiger partial charge in [0, 0.05) is 6.42 Å². The molecule has 1 heterocycles. The Morgan fingerprint density at radius 3 is 2.59 bits per heavy atom. The van der Waals surface area contributed by atoms with Gasteiger partial charge in [0.15, 0.2) is 5.82 Å². The number of aromatic amines is 1. The first-order valence-corrected chi connectivity index (χ1v) is 7.79. The summed E-state index contributed by atoms with van der Waals surface area (Å²) in [7, 11) is 0. The molecule has 0 aliphatic carbocycles. The molecule has 0 unspecified atom stereocenters. The van der Waals surface area contributed by atoms with Crippen LogP contribution in [0.25, 0.3) is 0 Å². The standard InChI is InChI=1S/C16H22N4OS/c1-5-6-14-18-19-15(22)20(14)17-11-12-7-9-13(10-8-12)21-16(2,3)4/h7-11H,5-6H2,1-4H3,(H,19,22)/b17-11-. The number of nitrogens with one attached hydrogen (secondary N) is 1. The number of aryl methyl sites for hydroxylation is 1. The molecule has 6 heteroatoms. The van der Waals surface area contributed by atoms with Gasteiger partial charge in [-0.15, -0.1) is 0 Å². The number of nitrogens with zero attached hydrogens (tertiary/aromatic N) is 3. The third-order valence-electron chi connectivity index (χ3n) is 2.82. The first kappa shape index (κ1) is 16.4. The van der Waals surface area contributed by atoms with Crippen molar-refractivity contribution in [3.05, 3.63) is 40.4 Å². The van der Waals surface area contributed by atoms with Gasteiger partial charge in [-0.3, -0.25) is 5.10 Å². The van der Waals surface area contributed by atoms with E-state index in [4.69, 9.17) is 17.0 Å². The summed E-state index contributed by atoms with van der Waals surface area (Å²) in [4.78, 5) is 0. The van der Waals surface area contributed by atoms with Gasteiger partial charge < -0.3 is 4.74 Å². The lowest BCUT2D eigenvalue weighted by atomic mass is 10.2. The van der Waals surface area contributed by atoms with E-state index in [1.807, 2.05) is 45.0 Å². The topological polar surface area (TPSA) is 55.2 Å². The number of hydrogen-bond acceptors (Lipinski definition) is 4. The fraction of sp³-hybridized carbons (Fsp3) is 0.438. The monoisotopic (exact) mass is 318 g/mol. The summed E-state index contributed by atoms with van der Waals surface area (Å²) in [5.74, 6) is 1.69. The third kappa shape index (κ3) is 4.53. The molecule has 0 aliphatic heterocycles. The molecule has 118 valence electrons. The van der Waals surface area contributed by atoms with E-state index in [1.165, 1.54) is 0 Å². The van der Waals surface area contributed by atoms with Crippen LogP contribution in [0.5, 0.6) is 5.75 Å². The average molecular weight is 318 g/mol. The van der Waals surface area contributed by atoms with Gasteiger partial charge in [-0.25, -0.2) is 0 Å². The average Bonchev–Trinajstić information content (AvgIpc) is 2.78. The summed E-state index contributed by atoms with van der Waals surface area (Å²) in [6, 6.07) is 7.81. The number of rotatable bonds is 5. The molecule has 0 radical (unpaired) electrons. The molecule has 0 bridgehead atoms. The number of H-pyrrole nitrogens is 1. The second kappa shape index (κ2) is 6.87. The van der Waals surface area contributed by atoms with Gasteiger partial charge in [-0.1, -0.05) is 6.92 Å². The maximum absolute atomic E-state index is 5.80. The zero-order valence-corrected chi connectivity index (χ0v) is 14.3. The fourth-order valence-corrected chi connectivity index (χ4v) is 2.13. The van der Waals surface area contributed by atoms with Crippen molar-refractivity contribution in [2.24, 2.45) is 5.10 Å². The number of aromatic nitrogens is 3. The van der Waals surface area contributed by atoms with Gasteiger partial charge >= 0.3 is 0 Å². The molecule has 22 heavy (non-hydrogen) atoms. The molecular formula is C16H22N4OS. The Morgan fingerprint density at radius 2 is 2.00 bits per heavy atom. The minimum absolute atomic E-state index is 0.200. The van der Waals surface area contributed by atoms with Crippen molar-refractivity contribution < 1.29 is 4.74 Å². The minimum atomic E-state index is -0.200. The molecular weight excluding hydrogens is 296 g/mol. The second-order valence-electron chi connectivity index (χ2n) is 6.03. The Labute approximate surface area is 136 Å². The molecule has 1 aromatic carbocycles. The predicted octanol–water partition coefficient (Wildman–Crippen LogP) is 3.95. The van der Waals surface area contributed by atoms with Crippen LogP contribution in [0.4, 0.5) is 0 Å². The Kier molecular flexibility index (Phi) is 5.13. The van der Waals surface area contributed by atoms with Crippen molar-refractivity contribution >= 4 is 18.4 Å². The molecule has 1 N–H and O–H groups in total. The van der Waals surface area contributed by atoms with Crippen molar-refractivity contribution in [2.75, 3.05) is 0 Å². The largest absolute Gasteiger partial charge is 0.488 e. The first-order valence-electron chi connectivity index (χ1n) is 7.39. The van der Waals surface area contributed by atoms with Crippen LogP contribution in [0.1, 0.15) is 45.5 Å². The summed E-state index contributed by atoms with van der Waals surface area (Å²) in [5, 5.41) is 11.4. The van der Waals surface area contributed by atoms with Crippen LogP contribution in [0.2, 0.25) is 0 Å². The highest BCUT2D eigenvalue weighted by Crippen LogP contribution is 2.18. The predicted molar refractivity (Wildman–Crippen MR) is 91.2 cm³/mol. The van der Waals surface area contributed by atoms with E-state index in [0.717, 1.165) is 30.0 Å². The van der Waals surface area contributed by atoms with Crippen molar-refractivity contribution in [3.63, 3.8) is 0 Å². The van der Waals surface area contributed by atoms with E-state index in [1.54, 1.807) is 10.9 Å². The zero-order valence-electron chi connectivity index (χ0n) is 13.5.